The lowest BCUT2D eigenvalue weighted by Crippen LogP contribution is -2.52. The smallest absolute Gasteiger partial charge is 0.329 e. The van der Waals surface area contributed by atoms with E-state index in [1.54, 1.807) is 46.7 Å². The fourth-order valence-corrected chi connectivity index (χ4v) is 11.0. The van der Waals surface area contributed by atoms with Crippen molar-refractivity contribution in [3.05, 3.63) is 101 Å². The monoisotopic (exact) mass is 958 g/mol. The fraction of sp³-hybridized carbons (Fsp3) is 0.375. The molecule has 1 atom stereocenters. The molecule has 0 radical (unpaired) electrons. The average Bonchev–Trinajstić information content (AvgIpc) is 4.20. The SMILES string of the molecule is Cn1nc(N2CCC(=O)NC2=O)c2cc(F)c(N3CCC(O)(CC(=O)N4CCN(c5ccc(-c6cc(F)c7c(c6)C(=O)N(C(C(=O)Nc6nccs6)c6ncn8c6CCC8)C7)cc5)CC4)CC3)cc21. The molecule has 3 fully saturated rings. The number of rotatable bonds is 10. The quantitative estimate of drug-likeness (QED) is 0.168. The van der Waals surface area contributed by atoms with Crippen LogP contribution < -0.4 is 25.3 Å². The number of piperazine rings is 1. The predicted octanol–water partition coefficient (Wildman–Crippen LogP) is 4.97. The van der Waals surface area contributed by atoms with Crippen LogP contribution in [-0.4, -0.2) is 120 Å². The molecule has 18 nitrogen and oxygen atoms in total. The van der Waals surface area contributed by atoms with Crippen molar-refractivity contribution >= 4 is 74.2 Å². The predicted molar refractivity (Wildman–Crippen MR) is 252 cm³/mol. The van der Waals surface area contributed by atoms with Crippen LogP contribution in [0, 0.1) is 11.6 Å². The Balaban J connectivity index is 0.704. The van der Waals surface area contributed by atoms with E-state index in [1.807, 2.05) is 33.7 Å². The molecule has 1 unspecified atom stereocenters. The third-order valence-electron chi connectivity index (χ3n) is 14.2. The minimum atomic E-state index is -1.25. The molecule has 5 aliphatic heterocycles. The maximum absolute atomic E-state index is 16.0. The Morgan fingerprint density at radius 2 is 1.68 bits per heavy atom. The summed E-state index contributed by atoms with van der Waals surface area (Å²) in [6, 6.07) is 12.1. The number of urea groups is 1. The summed E-state index contributed by atoms with van der Waals surface area (Å²) in [5.41, 5.74) is 3.65. The van der Waals surface area contributed by atoms with Gasteiger partial charge in [0, 0.05) is 105 Å². The Kier molecular flexibility index (Phi) is 11.1. The molecule has 21 heteroatoms. The van der Waals surface area contributed by atoms with Gasteiger partial charge in [-0.25, -0.2) is 23.5 Å². The number of aromatic nitrogens is 5. The van der Waals surface area contributed by atoms with Crippen molar-refractivity contribution in [3.63, 3.8) is 0 Å². The van der Waals surface area contributed by atoms with Crippen LogP contribution in [0.25, 0.3) is 22.0 Å². The van der Waals surface area contributed by atoms with Gasteiger partial charge in [-0.05, 0) is 73.2 Å². The number of carbonyl (C=O) groups is 5. The number of anilines is 4. The highest BCUT2D eigenvalue weighted by atomic mass is 32.1. The van der Waals surface area contributed by atoms with Crippen LogP contribution in [0.3, 0.4) is 0 Å². The highest BCUT2D eigenvalue weighted by Crippen LogP contribution is 2.39. The van der Waals surface area contributed by atoms with E-state index >= 15 is 8.78 Å². The first kappa shape index (κ1) is 44.3. The number of amides is 6. The summed E-state index contributed by atoms with van der Waals surface area (Å²) in [5.74, 6) is -2.21. The Bertz CT molecular complexity index is 3050. The van der Waals surface area contributed by atoms with Crippen molar-refractivity contribution in [2.24, 2.45) is 7.05 Å². The molecule has 3 aromatic heterocycles. The number of benzene rings is 3. The lowest BCUT2D eigenvalue weighted by molar-refractivity contribution is -0.137. The first-order chi connectivity index (χ1) is 33.3. The summed E-state index contributed by atoms with van der Waals surface area (Å²) in [5, 5.41) is 23.7. The second-order valence-electron chi connectivity index (χ2n) is 18.3. The minimum absolute atomic E-state index is 0.0495. The van der Waals surface area contributed by atoms with Crippen LogP contribution in [0.15, 0.2) is 66.4 Å². The molecule has 6 aromatic rings. The van der Waals surface area contributed by atoms with Crippen LogP contribution in [-0.2, 0) is 40.9 Å². The summed E-state index contributed by atoms with van der Waals surface area (Å²) in [6.45, 7) is 3.50. The van der Waals surface area contributed by atoms with Gasteiger partial charge in [-0.15, -0.1) is 11.3 Å². The van der Waals surface area contributed by atoms with Gasteiger partial charge in [0.2, 0.25) is 11.8 Å². The molecule has 356 valence electrons. The first-order valence-electron chi connectivity index (χ1n) is 23.1. The van der Waals surface area contributed by atoms with Gasteiger partial charge in [-0.2, -0.15) is 5.10 Å². The van der Waals surface area contributed by atoms with E-state index in [0.29, 0.717) is 77.8 Å². The van der Waals surface area contributed by atoms with Crippen molar-refractivity contribution in [2.75, 3.05) is 65.8 Å². The molecule has 0 bridgehead atoms. The van der Waals surface area contributed by atoms with Gasteiger partial charge in [0.25, 0.3) is 11.8 Å². The zero-order valence-corrected chi connectivity index (χ0v) is 38.5. The van der Waals surface area contributed by atoms with Crippen LogP contribution in [0.5, 0.6) is 0 Å². The number of hydrogen-bond donors (Lipinski definition) is 3. The van der Waals surface area contributed by atoms with Gasteiger partial charge in [-0.1, -0.05) is 12.1 Å². The molecule has 3 saturated heterocycles. The van der Waals surface area contributed by atoms with Crippen molar-refractivity contribution in [1.29, 1.82) is 0 Å². The Morgan fingerprint density at radius 3 is 2.42 bits per heavy atom. The second kappa shape index (κ2) is 17.4. The molecule has 11 rings (SSSR count). The van der Waals surface area contributed by atoms with Gasteiger partial charge in [0.05, 0.1) is 41.8 Å². The fourth-order valence-electron chi connectivity index (χ4n) is 10.4. The molecule has 5 aliphatic rings. The number of imidazole rings is 1. The summed E-state index contributed by atoms with van der Waals surface area (Å²) in [7, 11) is 1.70. The third kappa shape index (κ3) is 8.11. The van der Waals surface area contributed by atoms with Crippen molar-refractivity contribution in [1.82, 2.24) is 39.4 Å². The highest BCUT2D eigenvalue weighted by molar-refractivity contribution is 7.13. The number of fused-ring (bicyclic) bond motifs is 3. The number of carbonyl (C=O) groups excluding carboxylic acids is 5. The molecule has 3 aromatic carbocycles. The van der Waals surface area contributed by atoms with Crippen molar-refractivity contribution in [3.8, 4) is 11.1 Å². The molecule has 3 N–H and O–H groups in total. The Morgan fingerprint density at radius 1 is 0.899 bits per heavy atom. The zero-order valence-electron chi connectivity index (χ0n) is 37.7. The van der Waals surface area contributed by atoms with E-state index in [0.717, 1.165) is 30.8 Å². The molecule has 69 heavy (non-hydrogen) atoms. The van der Waals surface area contributed by atoms with E-state index in [4.69, 9.17) is 0 Å². The normalized spacial score (nSPS) is 18.5. The van der Waals surface area contributed by atoms with E-state index in [2.05, 4.69) is 30.6 Å². The molecule has 0 aliphatic carbocycles. The van der Waals surface area contributed by atoms with Crippen LogP contribution >= 0.6 is 11.3 Å². The number of thiazole rings is 1. The van der Waals surface area contributed by atoms with Crippen LogP contribution in [0.1, 0.15) is 65.5 Å². The van der Waals surface area contributed by atoms with Crippen LogP contribution in [0.2, 0.25) is 0 Å². The molecular weight excluding hydrogens is 911 g/mol. The van der Waals surface area contributed by atoms with Gasteiger partial charge in [-0.3, -0.25) is 39.4 Å². The number of aryl methyl sites for hydroxylation is 2. The lowest BCUT2D eigenvalue weighted by Gasteiger charge is -2.41. The molecule has 0 saturated carbocycles. The summed E-state index contributed by atoms with van der Waals surface area (Å²) in [6.07, 6.45) is 5.48. The number of hydrogen-bond acceptors (Lipinski definition) is 12. The first-order valence-corrected chi connectivity index (χ1v) is 23.9. The number of piperidine rings is 1. The zero-order chi connectivity index (χ0) is 47.7. The van der Waals surface area contributed by atoms with Crippen molar-refractivity contribution < 1.29 is 37.9 Å². The Hall–Kier alpha value is -7.26. The number of imide groups is 1. The standard InChI is InChI=1S/C48H48F2N12O6S/c1-56-37-24-38(35(50)23-32(37)43(55-56)61-13-8-39(63)53-47(61)67)58-14-9-48(68,10-15-58)25-40(64)59-18-16-57(17-19-59)30-6-4-28(5-7-30)29-21-31-33(34(49)22-29)26-62(45(31)66)42(44(65)54-46-51-11-20-69-46)41-36-3-2-12-60(36)27-52-41/h4-7,11,20-24,27,42,68H,2-3,8-10,12-19,25-26H2,1H3,(H,51,54,65)(H,53,63,67). The van der Waals surface area contributed by atoms with Gasteiger partial charge >= 0.3 is 6.03 Å². The van der Waals surface area contributed by atoms with Gasteiger partial charge in [0.1, 0.15) is 11.6 Å². The van der Waals surface area contributed by atoms with Crippen molar-refractivity contribution in [2.45, 2.75) is 63.3 Å². The third-order valence-corrected chi connectivity index (χ3v) is 14.9. The van der Waals surface area contributed by atoms with Gasteiger partial charge in [0.15, 0.2) is 17.0 Å². The summed E-state index contributed by atoms with van der Waals surface area (Å²) < 4.78 is 35.3. The number of nitrogens with one attached hydrogen (secondary N) is 2. The lowest BCUT2D eigenvalue weighted by atomic mass is 9.87. The van der Waals surface area contributed by atoms with E-state index in [9.17, 15) is 29.1 Å². The van der Waals surface area contributed by atoms with Gasteiger partial charge < -0.3 is 29.3 Å². The molecule has 0 spiro atoms. The highest BCUT2D eigenvalue weighted by Gasteiger charge is 2.43. The van der Waals surface area contributed by atoms with E-state index < -0.39 is 41.1 Å². The molecule has 8 heterocycles. The van der Waals surface area contributed by atoms with Crippen LogP contribution in [0.4, 0.5) is 35.9 Å². The Labute approximate surface area is 398 Å². The summed E-state index contributed by atoms with van der Waals surface area (Å²) >= 11 is 1.26. The van der Waals surface area contributed by atoms with E-state index in [-0.39, 0.29) is 67.5 Å². The maximum Gasteiger partial charge on any atom is 0.329 e. The van der Waals surface area contributed by atoms with E-state index in [1.165, 1.54) is 33.3 Å². The number of nitrogens with zero attached hydrogens (tertiary/aromatic N) is 10. The largest absolute Gasteiger partial charge is 0.389 e. The topological polar surface area (TPSA) is 194 Å². The molecular formula is C48H48F2N12O6S. The minimum Gasteiger partial charge on any atom is -0.389 e. The maximum atomic E-state index is 16.0. The molecule has 6 amide bonds. The second-order valence-corrected chi connectivity index (χ2v) is 19.2. The number of halogens is 2. The number of aliphatic hydroxyl groups is 1. The average molecular weight is 959 g/mol. The summed E-state index contributed by atoms with van der Waals surface area (Å²) in [4.78, 5) is 83.1.